The number of carbonyl (C=O) groups excluding carboxylic acids is 3. The Morgan fingerprint density at radius 2 is 1.83 bits per heavy atom. The standard InChI is InChI=1S/C22H23N3O5/c1-22(11-16-8-9-17-18(10-16)30-14-29-17)20(27)25(21(28)23-22)13-19(26)24(2)12-15-6-4-3-5-7-15/h3-10H,11-14H2,1-2H3,(H,23,28)/t22-/m0/s1. The van der Waals surface area contributed by atoms with Crippen LogP contribution >= 0.6 is 0 Å². The van der Waals surface area contributed by atoms with Gasteiger partial charge in [0.2, 0.25) is 12.7 Å². The SMILES string of the molecule is CN(Cc1ccccc1)C(=O)CN1C(=O)N[C@@](C)(Cc2ccc3c(c2)OCO3)C1=O. The van der Waals surface area contributed by atoms with Crippen LogP contribution in [0.15, 0.2) is 48.5 Å². The van der Waals surface area contributed by atoms with Gasteiger partial charge in [0.25, 0.3) is 5.91 Å². The van der Waals surface area contributed by atoms with Gasteiger partial charge in [0.15, 0.2) is 11.5 Å². The maximum Gasteiger partial charge on any atom is 0.325 e. The molecule has 2 aliphatic heterocycles. The van der Waals surface area contributed by atoms with Crippen molar-refractivity contribution < 1.29 is 23.9 Å². The number of carbonyl (C=O) groups is 3. The second kappa shape index (κ2) is 7.70. The molecule has 4 rings (SSSR count). The van der Waals surface area contributed by atoms with Crippen molar-refractivity contribution in [2.45, 2.75) is 25.4 Å². The molecule has 0 spiro atoms. The lowest BCUT2D eigenvalue weighted by molar-refractivity contribution is -0.138. The fourth-order valence-corrected chi connectivity index (χ4v) is 3.67. The van der Waals surface area contributed by atoms with Gasteiger partial charge in [-0.1, -0.05) is 36.4 Å². The Kier molecular flexibility index (Phi) is 5.07. The zero-order valence-corrected chi connectivity index (χ0v) is 16.9. The minimum atomic E-state index is -1.14. The summed E-state index contributed by atoms with van der Waals surface area (Å²) in [6, 6.07) is 14.4. The number of hydrogen-bond acceptors (Lipinski definition) is 5. The summed E-state index contributed by atoms with van der Waals surface area (Å²) in [6.45, 7) is 1.93. The predicted octanol–water partition coefficient (Wildman–Crippen LogP) is 1.93. The van der Waals surface area contributed by atoms with Gasteiger partial charge in [0.05, 0.1) is 0 Å². The van der Waals surface area contributed by atoms with Gasteiger partial charge >= 0.3 is 6.03 Å². The summed E-state index contributed by atoms with van der Waals surface area (Å²) in [4.78, 5) is 40.6. The lowest BCUT2D eigenvalue weighted by Crippen LogP contribution is -2.47. The first-order valence-electron chi connectivity index (χ1n) is 9.66. The summed E-state index contributed by atoms with van der Waals surface area (Å²) in [6.07, 6.45) is 0.277. The third-order valence-electron chi connectivity index (χ3n) is 5.32. The van der Waals surface area contributed by atoms with Crippen LogP contribution in [0.3, 0.4) is 0 Å². The number of ether oxygens (including phenoxy) is 2. The molecular weight excluding hydrogens is 386 g/mol. The van der Waals surface area contributed by atoms with Crippen molar-refractivity contribution >= 4 is 17.8 Å². The molecule has 8 heteroatoms. The number of likely N-dealkylation sites (N-methyl/N-ethyl adjacent to an activating group) is 1. The van der Waals surface area contributed by atoms with Crippen LogP contribution in [0.25, 0.3) is 0 Å². The average Bonchev–Trinajstić information content (AvgIpc) is 3.26. The number of rotatable bonds is 6. The molecule has 1 N–H and O–H groups in total. The predicted molar refractivity (Wildman–Crippen MR) is 108 cm³/mol. The first-order chi connectivity index (χ1) is 14.4. The number of imide groups is 1. The Morgan fingerprint density at radius 1 is 1.10 bits per heavy atom. The van der Waals surface area contributed by atoms with Gasteiger partial charge in [-0.2, -0.15) is 0 Å². The van der Waals surface area contributed by atoms with Gasteiger partial charge in [-0.05, 0) is 30.2 Å². The summed E-state index contributed by atoms with van der Waals surface area (Å²) in [7, 11) is 1.65. The molecule has 2 heterocycles. The van der Waals surface area contributed by atoms with Crippen molar-refractivity contribution in [3.8, 4) is 11.5 Å². The van der Waals surface area contributed by atoms with E-state index in [0.717, 1.165) is 16.0 Å². The average molecular weight is 409 g/mol. The molecule has 0 radical (unpaired) electrons. The van der Waals surface area contributed by atoms with Gasteiger partial charge in [-0.3, -0.25) is 14.5 Å². The monoisotopic (exact) mass is 409 g/mol. The number of hydrogen-bond donors (Lipinski definition) is 1. The summed E-state index contributed by atoms with van der Waals surface area (Å²) in [5.74, 6) is 0.531. The maximum absolute atomic E-state index is 13.0. The largest absolute Gasteiger partial charge is 0.454 e. The molecule has 1 atom stereocenters. The number of urea groups is 1. The molecule has 0 unspecified atom stereocenters. The van der Waals surface area contributed by atoms with E-state index in [2.05, 4.69) is 5.32 Å². The highest BCUT2D eigenvalue weighted by Gasteiger charge is 2.48. The fraction of sp³-hybridized carbons (Fsp3) is 0.318. The highest BCUT2D eigenvalue weighted by atomic mass is 16.7. The smallest absolute Gasteiger partial charge is 0.325 e. The van der Waals surface area contributed by atoms with Crippen LogP contribution in [-0.4, -0.2) is 53.6 Å². The molecule has 1 fully saturated rings. The van der Waals surface area contributed by atoms with Crippen molar-refractivity contribution in [3.05, 3.63) is 59.7 Å². The van der Waals surface area contributed by atoms with E-state index in [1.165, 1.54) is 4.90 Å². The Hall–Kier alpha value is -3.55. The van der Waals surface area contributed by atoms with Crippen molar-refractivity contribution in [2.75, 3.05) is 20.4 Å². The van der Waals surface area contributed by atoms with Crippen molar-refractivity contribution in [1.82, 2.24) is 15.1 Å². The van der Waals surface area contributed by atoms with Crippen molar-refractivity contribution in [3.63, 3.8) is 0 Å². The number of nitrogens with zero attached hydrogens (tertiary/aromatic N) is 2. The van der Waals surface area contributed by atoms with Crippen LogP contribution in [-0.2, 0) is 22.6 Å². The first kappa shape index (κ1) is 19.8. The van der Waals surface area contributed by atoms with E-state index < -0.39 is 17.5 Å². The number of amides is 4. The van der Waals surface area contributed by atoms with Crippen molar-refractivity contribution in [2.24, 2.45) is 0 Å². The Labute approximate surface area is 174 Å². The Bertz CT molecular complexity index is 994. The second-order valence-electron chi connectivity index (χ2n) is 7.75. The van der Waals surface area contributed by atoms with Gasteiger partial charge in [-0.25, -0.2) is 4.79 Å². The quantitative estimate of drug-likeness (QED) is 0.737. The van der Waals surface area contributed by atoms with Crippen molar-refractivity contribution in [1.29, 1.82) is 0 Å². The van der Waals surface area contributed by atoms with E-state index in [9.17, 15) is 14.4 Å². The number of benzene rings is 2. The van der Waals surface area contributed by atoms with Gasteiger partial charge < -0.3 is 19.7 Å². The van der Waals surface area contributed by atoms with E-state index >= 15 is 0 Å². The van der Waals surface area contributed by atoms with E-state index in [4.69, 9.17) is 9.47 Å². The van der Waals surface area contributed by atoms with E-state index in [-0.39, 0.29) is 25.7 Å². The van der Waals surface area contributed by atoms with Crippen LogP contribution in [0.4, 0.5) is 4.79 Å². The molecule has 2 aromatic carbocycles. The normalized spacial score (nSPS) is 19.7. The number of nitrogens with one attached hydrogen (secondary N) is 1. The maximum atomic E-state index is 13.0. The molecule has 0 bridgehead atoms. The fourth-order valence-electron chi connectivity index (χ4n) is 3.67. The van der Waals surface area contributed by atoms with Gasteiger partial charge in [0, 0.05) is 20.0 Å². The van der Waals surface area contributed by atoms with Crippen LogP contribution in [0.5, 0.6) is 11.5 Å². The van der Waals surface area contributed by atoms with Crippen LogP contribution in [0.1, 0.15) is 18.1 Å². The minimum absolute atomic E-state index is 0.165. The molecule has 0 aromatic heterocycles. The van der Waals surface area contributed by atoms with Gasteiger partial charge in [-0.15, -0.1) is 0 Å². The molecule has 0 aliphatic carbocycles. The van der Waals surface area contributed by atoms with Crippen LogP contribution in [0, 0.1) is 0 Å². The molecule has 30 heavy (non-hydrogen) atoms. The summed E-state index contributed by atoms with van der Waals surface area (Å²) in [5.41, 5.74) is 0.659. The van der Waals surface area contributed by atoms with Gasteiger partial charge in [0.1, 0.15) is 12.1 Å². The molecular formula is C22H23N3O5. The van der Waals surface area contributed by atoms with E-state index in [1.807, 2.05) is 36.4 Å². The molecule has 2 aromatic rings. The minimum Gasteiger partial charge on any atom is -0.454 e. The van der Waals surface area contributed by atoms with Crippen LogP contribution < -0.4 is 14.8 Å². The topological polar surface area (TPSA) is 88.2 Å². The third-order valence-corrected chi connectivity index (χ3v) is 5.32. The molecule has 1 saturated heterocycles. The highest BCUT2D eigenvalue weighted by molar-refractivity contribution is 6.08. The second-order valence-corrected chi connectivity index (χ2v) is 7.75. The zero-order valence-electron chi connectivity index (χ0n) is 16.9. The Balaban J connectivity index is 1.42. The summed E-state index contributed by atoms with van der Waals surface area (Å²) < 4.78 is 10.7. The lowest BCUT2D eigenvalue weighted by Gasteiger charge is -2.23. The molecule has 4 amide bonds. The number of fused-ring (bicyclic) bond motifs is 1. The zero-order chi connectivity index (χ0) is 21.3. The summed E-state index contributed by atoms with van der Waals surface area (Å²) in [5, 5.41) is 2.73. The molecule has 2 aliphatic rings. The van der Waals surface area contributed by atoms with Crippen LogP contribution in [0.2, 0.25) is 0 Å². The highest BCUT2D eigenvalue weighted by Crippen LogP contribution is 2.34. The first-order valence-corrected chi connectivity index (χ1v) is 9.66. The Morgan fingerprint density at radius 3 is 2.60 bits per heavy atom. The van der Waals surface area contributed by atoms with E-state index in [0.29, 0.717) is 18.0 Å². The lowest BCUT2D eigenvalue weighted by atomic mass is 9.92. The van der Waals surface area contributed by atoms with E-state index in [1.54, 1.807) is 26.1 Å². The molecule has 0 saturated carbocycles. The molecule has 156 valence electrons. The molecule has 8 nitrogen and oxygen atoms in total. The third kappa shape index (κ3) is 3.80. The summed E-state index contributed by atoms with van der Waals surface area (Å²) >= 11 is 0.